The van der Waals surface area contributed by atoms with Gasteiger partial charge >= 0.3 is 0 Å². The van der Waals surface area contributed by atoms with Gasteiger partial charge in [-0.05, 0) is 38.0 Å². The molecule has 2 atom stereocenters. The van der Waals surface area contributed by atoms with Crippen molar-refractivity contribution in [1.82, 2.24) is 4.90 Å². The summed E-state index contributed by atoms with van der Waals surface area (Å²) in [4.78, 5) is 2.51. The predicted octanol–water partition coefficient (Wildman–Crippen LogP) is 4.35. The maximum absolute atomic E-state index is 3.95. The van der Waals surface area contributed by atoms with Crippen LogP contribution >= 0.6 is 0 Å². The number of hydrogen-bond donors (Lipinski definition) is 0. The average Bonchev–Trinajstić information content (AvgIpc) is 2.42. The van der Waals surface area contributed by atoms with Crippen LogP contribution in [0, 0.1) is 5.92 Å². The Bertz CT molecular complexity index is 290. The SMILES string of the molecule is C=CCCCC=CCN1CC(C=C)CCC1C=C. The van der Waals surface area contributed by atoms with Crippen molar-refractivity contribution in [3.8, 4) is 0 Å². The predicted molar refractivity (Wildman–Crippen MR) is 81.7 cm³/mol. The second-order valence-corrected chi connectivity index (χ2v) is 5.02. The van der Waals surface area contributed by atoms with Gasteiger partial charge in [0.05, 0.1) is 0 Å². The topological polar surface area (TPSA) is 3.24 Å². The minimum Gasteiger partial charge on any atom is -0.293 e. The molecule has 0 saturated carbocycles. The number of rotatable bonds is 8. The normalized spacial score (nSPS) is 25.1. The highest BCUT2D eigenvalue weighted by Gasteiger charge is 2.23. The van der Waals surface area contributed by atoms with Gasteiger partial charge in [0.25, 0.3) is 0 Å². The van der Waals surface area contributed by atoms with Crippen LogP contribution in [0.5, 0.6) is 0 Å². The highest BCUT2D eigenvalue weighted by molar-refractivity contribution is 4.99. The van der Waals surface area contributed by atoms with Gasteiger partial charge in [0.15, 0.2) is 0 Å². The van der Waals surface area contributed by atoms with Gasteiger partial charge in [0.2, 0.25) is 0 Å². The molecule has 1 heterocycles. The molecule has 1 rings (SSSR count). The van der Waals surface area contributed by atoms with E-state index in [9.17, 15) is 0 Å². The van der Waals surface area contributed by atoms with Crippen molar-refractivity contribution in [2.75, 3.05) is 13.1 Å². The summed E-state index contributed by atoms with van der Waals surface area (Å²) >= 11 is 0. The molecule has 0 amide bonds. The van der Waals surface area contributed by atoms with Crippen LogP contribution in [-0.2, 0) is 0 Å². The van der Waals surface area contributed by atoms with E-state index in [2.05, 4.69) is 48.9 Å². The van der Waals surface area contributed by atoms with E-state index >= 15 is 0 Å². The summed E-state index contributed by atoms with van der Waals surface area (Å²) < 4.78 is 0. The third kappa shape index (κ3) is 5.05. The lowest BCUT2D eigenvalue weighted by Gasteiger charge is -2.36. The fraction of sp³-hybridized carbons (Fsp3) is 0.529. The van der Waals surface area contributed by atoms with E-state index in [1.807, 2.05) is 6.08 Å². The zero-order chi connectivity index (χ0) is 13.2. The van der Waals surface area contributed by atoms with Crippen LogP contribution < -0.4 is 0 Å². The van der Waals surface area contributed by atoms with E-state index in [0.717, 1.165) is 25.9 Å². The molecule has 18 heavy (non-hydrogen) atoms. The molecule has 2 unspecified atom stereocenters. The maximum atomic E-state index is 3.95. The average molecular weight is 245 g/mol. The van der Waals surface area contributed by atoms with Crippen LogP contribution in [0.1, 0.15) is 32.1 Å². The Balaban J connectivity index is 2.34. The summed E-state index contributed by atoms with van der Waals surface area (Å²) in [5.74, 6) is 0.648. The Labute approximate surface area is 113 Å². The van der Waals surface area contributed by atoms with E-state index in [-0.39, 0.29) is 0 Å². The van der Waals surface area contributed by atoms with Crippen LogP contribution in [0.3, 0.4) is 0 Å². The Morgan fingerprint density at radius 1 is 1.00 bits per heavy atom. The number of allylic oxidation sites excluding steroid dienone is 2. The quantitative estimate of drug-likeness (QED) is 0.454. The largest absolute Gasteiger partial charge is 0.293 e. The molecule has 0 bridgehead atoms. The highest BCUT2D eigenvalue weighted by atomic mass is 15.2. The lowest BCUT2D eigenvalue weighted by atomic mass is 9.93. The number of hydrogen-bond acceptors (Lipinski definition) is 1. The van der Waals surface area contributed by atoms with Crippen molar-refractivity contribution in [2.45, 2.75) is 38.1 Å². The molecule has 1 aliphatic rings. The summed E-state index contributed by atoms with van der Waals surface area (Å²) in [6, 6.07) is 0.541. The molecule has 100 valence electrons. The second kappa shape index (κ2) is 8.93. The molecule has 0 aromatic carbocycles. The number of piperidine rings is 1. The first-order chi connectivity index (χ1) is 8.81. The van der Waals surface area contributed by atoms with Gasteiger partial charge in [-0.3, -0.25) is 4.90 Å². The Morgan fingerprint density at radius 2 is 1.83 bits per heavy atom. The van der Waals surface area contributed by atoms with Crippen LogP contribution in [0.25, 0.3) is 0 Å². The van der Waals surface area contributed by atoms with Crippen molar-refractivity contribution in [1.29, 1.82) is 0 Å². The third-order valence-electron chi connectivity index (χ3n) is 3.66. The first kappa shape index (κ1) is 15.0. The molecule has 0 N–H and O–H groups in total. The molecule has 0 radical (unpaired) electrons. The summed E-state index contributed by atoms with van der Waals surface area (Å²) in [5, 5.41) is 0. The molecule has 0 spiro atoms. The summed E-state index contributed by atoms with van der Waals surface area (Å²) in [7, 11) is 0. The Kier molecular flexibility index (Phi) is 7.43. The van der Waals surface area contributed by atoms with Gasteiger partial charge in [-0.2, -0.15) is 0 Å². The monoisotopic (exact) mass is 245 g/mol. The fourth-order valence-electron chi connectivity index (χ4n) is 2.47. The number of unbranched alkanes of at least 4 members (excludes halogenated alkanes) is 2. The Morgan fingerprint density at radius 3 is 2.50 bits per heavy atom. The number of nitrogens with zero attached hydrogens (tertiary/aromatic N) is 1. The first-order valence-electron chi connectivity index (χ1n) is 7.06. The van der Waals surface area contributed by atoms with Crippen molar-refractivity contribution in [3.63, 3.8) is 0 Å². The standard InChI is InChI=1S/C17H27N/c1-4-7-8-9-10-11-14-18-15-16(5-2)12-13-17(18)6-3/h4-6,10-11,16-17H,1-3,7-9,12-15H2. The smallest absolute Gasteiger partial charge is 0.0279 e. The number of likely N-dealkylation sites (tertiary alicyclic amines) is 1. The molecule has 1 aliphatic heterocycles. The minimum atomic E-state index is 0.541. The molecule has 1 fully saturated rings. The van der Waals surface area contributed by atoms with E-state index in [0.29, 0.717) is 12.0 Å². The van der Waals surface area contributed by atoms with E-state index in [1.165, 1.54) is 19.3 Å². The van der Waals surface area contributed by atoms with Crippen LogP contribution in [0.15, 0.2) is 50.1 Å². The van der Waals surface area contributed by atoms with Crippen LogP contribution in [0.2, 0.25) is 0 Å². The van der Waals surface area contributed by atoms with Crippen molar-refractivity contribution in [3.05, 3.63) is 50.1 Å². The highest BCUT2D eigenvalue weighted by Crippen LogP contribution is 2.23. The van der Waals surface area contributed by atoms with Gasteiger partial charge < -0.3 is 0 Å². The summed E-state index contributed by atoms with van der Waals surface area (Å²) in [6.45, 7) is 13.8. The maximum Gasteiger partial charge on any atom is 0.0279 e. The molecule has 0 aromatic rings. The molecule has 1 saturated heterocycles. The van der Waals surface area contributed by atoms with Crippen molar-refractivity contribution < 1.29 is 0 Å². The molecule has 0 aliphatic carbocycles. The van der Waals surface area contributed by atoms with Crippen molar-refractivity contribution >= 4 is 0 Å². The van der Waals surface area contributed by atoms with Gasteiger partial charge in [0, 0.05) is 19.1 Å². The first-order valence-corrected chi connectivity index (χ1v) is 7.06. The molecule has 1 nitrogen and oxygen atoms in total. The molecule has 0 aromatic heterocycles. The van der Waals surface area contributed by atoms with Gasteiger partial charge in [-0.1, -0.05) is 30.4 Å². The molecular formula is C17H27N. The molecule has 1 heteroatoms. The minimum absolute atomic E-state index is 0.541. The van der Waals surface area contributed by atoms with E-state index in [1.54, 1.807) is 0 Å². The zero-order valence-electron chi connectivity index (χ0n) is 11.6. The van der Waals surface area contributed by atoms with Crippen LogP contribution in [-0.4, -0.2) is 24.0 Å². The van der Waals surface area contributed by atoms with E-state index < -0.39 is 0 Å². The zero-order valence-corrected chi connectivity index (χ0v) is 11.6. The van der Waals surface area contributed by atoms with Gasteiger partial charge in [-0.25, -0.2) is 0 Å². The Hall–Kier alpha value is -1.08. The fourth-order valence-corrected chi connectivity index (χ4v) is 2.47. The molecular weight excluding hydrogens is 218 g/mol. The van der Waals surface area contributed by atoms with Gasteiger partial charge in [-0.15, -0.1) is 19.7 Å². The van der Waals surface area contributed by atoms with Crippen LogP contribution in [0.4, 0.5) is 0 Å². The lowest BCUT2D eigenvalue weighted by Crippen LogP contribution is -2.41. The summed E-state index contributed by atoms with van der Waals surface area (Å²) in [5.41, 5.74) is 0. The summed E-state index contributed by atoms with van der Waals surface area (Å²) in [6.07, 6.45) is 16.7. The van der Waals surface area contributed by atoms with Crippen molar-refractivity contribution in [2.24, 2.45) is 5.92 Å². The third-order valence-corrected chi connectivity index (χ3v) is 3.66. The van der Waals surface area contributed by atoms with E-state index in [4.69, 9.17) is 0 Å². The lowest BCUT2D eigenvalue weighted by molar-refractivity contribution is 0.169. The van der Waals surface area contributed by atoms with Gasteiger partial charge in [0.1, 0.15) is 0 Å². The second-order valence-electron chi connectivity index (χ2n) is 5.02.